The number of carbonyl (C=O) groups is 2. The van der Waals surface area contributed by atoms with E-state index < -0.39 is 11.9 Å². The van der Waals surface area contributed by atoms with E-state index in [0.717, 1.165) is 11.1 Å². The van der Waals surface area contributed by atoms with Gasteiger partial charge in [0.15, 0.2) is 5.69 Å². The van der Waals surface area contributed by atoms with Crippen LogP contribution in [0.5, 0.6) is 0 Å². The Labute approximate surface area is 204 Å². The summed E-state index contributed by atoms with van der Waals surface area (Å²) >= 11 is 11.4. The molecule has 14 heteroatoms. The minimum absolute atomic E-state index is 0.139. The number of hydrogen-bond donors (Lipinski definition) is 0. The van der Waals surface area contributed by atoms with Gasteiger partial charge in [-0.1, -0.05) is 33.5 Å². The molecule has 12 nitrogen and oxygen atoms in total. The predicted octanol–water partition coefficient (Wildman–Crippen LogP) is 4.19. The Morgan fingerprint density at radius 3 is 2.26 bits per heavy atom. The van der Waals surface area contributed by atoms with Gasteiger partial charge in [0.1, 0.15) is 10.3 Å². The quantitative estimate of drug-likeness (QED) is 0.0975. The maximum atomic E-state index is 11.2. The maximum absolute atomic E-state index is 11.2. The molecule has 34 heavy (non-hydrogen) atoms. The number of rotatable bonds is 3. The Bertz CT molecular complexity index is 1250. The van der Waals surface area contributed by atoms with Gasteiger partial charge in [-0.2, -0.15) is 0 Å². The number of methoxy groups -OCH3 is 2. The van der Waals surface area contributed by atoms with Crippen molar-refractivity contribution in [2.45, 2.75) is 13.8 Å². The monoisotopic (exact) mass is 504 g/mol. The number of aryl methyl sites for hydroxylation is 2. The average Bonchev–Trinajstić information content (AvgIpc) is 3.33. The first-order chi connectivity index (χ1) is 16.2. The number of aromatic nitrogens is 5. The zero-order chi connectivity index (χ0) is 25.7. The van der Waals surface area contributed by atoms with Crippen molar-refractivity contribution in [3.05, 3.63) is 68.3 Å². The van der Waals surface area contributed by atoms with Crippen molar-refractivity contribution < 1.29 is 19.1 Å². The summed E-state index contributed by atoms with van der Waals surface area (Å²) in [4.78, 5) is 31.3. The number of azide groups is 1. The highest BCUT2D eigenvalue weighted by Crippen LogP contribution is 2.20. The van der Waals surface area contributed by atoms with Gasteiger partial charge in [0.05, 0.1) is 26.1 Å². The molecule has 0 aliphatic heterocycles. The summed E-state index contributed by atoms with van der Waals surface area (Å²) in [6.45, 7) is 3.66. The van der Waals surface area contributed by atoms with Crippen LogP contribution in [0.1, 0.15) is 21.6 Å². The van der Waals surface area contributed by atoms with E-state index in [1.54, 1.807) is 31.3 Å². The Balaban J connectivity index is 0.000000292. The molecule has 0 bridgehead atoms. The molecule has 176 valence electrons. The summed E-state index contributed by atoms with van der Waals surface area (Å²) in [5.41, 5.74) is 11.2. The fourth-order valence-electron chi connectivity index (χ4n) is 2.02. The van der Waals surface area contributed by atoms with Crippen LogP contribution in [0.2, 0.25) is 10.3 Å². The van der Waals surface area contributed by atoms with E-state index in [0.29, 0.717) is 21.7 Å². The second kappa shape index (κ2) is 14.1. The van der Waals surface area contributed by atoms with Gasteiger partial charge < -0.3 is 9.47 Å². The van der Waals surface area contributed by atoms with Crippen molar-refractivity contribution in [1.82, 2.24) is 25.0 Å². The summed E-state index contributed by atoms with van der Waals surface area (Å²) in [6, 6.07) is 3.17. The van der Waals surface area contributed by atoms with E-state index in [4.69, 9.17) is 28.7 Å². The molecule has 0 aliphatic rings. The molecule has 3 rings (SSSR count). The smallest absolute Gasteiger partial charge is 0.383 e. The molecule has 0 fully saturated rings. The van der Waals surface area contributed by atoms with Crippen molar-refractivity contribution in [3.63, 3.8) is 0 Å². The fourth-order valence-corrected chi connectivity index (χ4v) is 2.32. The second-order valence-electron chi connectivity index (χ2n) is 5.95. The van der Waals surface area contributed by atoms with Crippen molar-refractivity contribution in [2.75, 3.05) is 14.2 Å². The molecular formula is C20H18Cl2N8O4. The first-order valence-electron chi connectivity index (χ1n) is 9.01. The fraction of sp³-hybridized carbons (Fsp3) is 0.200. The van der Waals surface area contributed by atoms with Crippen molar-refractivity contribution in [3.8, 4) is 18.0 Å². The summed E-state index contributed by atoms with van der Waals surface area (Å²) in [5, 5.41) is 11.6. The van der Waals surface area contributed by atoms with E-state index in [1.165, 1.54) is 31.2 Å². The SMILES string of the molecule is C#CC(=O)OC.COC(=O)c1cn(-c2cc(Cl)ncc2C)nn1.Cc1cnc(Cl)cc1N=[N+]=[N-]. The van der Waals surface area contributed by atoms with Crippen LogP contribution < -0.4 is 0 Å². The lowest BCUT2D eigenvalue weighted by Crippen LogP contribution is -2.01. The number of pyridine rings is 2. The molecule has 0 spiro atoms. The van der Waals surface area contributed by atoms with Crippen LogP contribution >= 0.6 is 23.2 Å². The van der Waals surface area contributed by atoms with Crippen molar-refractivity contribution >= 4 is 40.8 Å². The lowest BCUT2D eigenvalue weighted by Gasteiger charge is -2.03. The number of halogens is 2. The third kappa shape index (κ3) is 8.76. The molecule has 0 saturated heterocycles. The number of carbonyl (C=O) groups excluding carboxylic acids is 2. The third-order valence-corrected chi connectivity index (χ3v) is 4.09. The molecular weight excluding hydrogens is 487 g/mol. The van der Waals surface area contributed by atoms with Gasteiger partial charge in [0.2, 0.25) is 0 Å². The highest BCUT2D eigenvalue weighted by atomic mass is 35.5. The Hall–Kier alpha value is -4.17. The van der Waals surface area contributed by atoms with Gasteiger partial charge in [-0.3, -0.25) is 0 Å². The Morgan fingerprint density at radius 2 is 1.74 bits per heavy atom. The highest BCUT2D eigenvalue weighted by Gasteiger charge is 2.12. The van der Waals surface area contributed by atoms with Crippen molar-refractivity contribution in [2.24, 2.45) is 5.11 Å². The lowest BCUT2D eigenvalue weighted by atomic mass is 10.2. The first-order valence-corrected chi connectivity index (χ1v) is 9.77. The van der Waals surface area contributed by atoms with E-state index in [-0.39, 0.29) is 5.69 Å². The number of esters is 2. The van der Waals surface area contributed by atoms with Gasteiger partial charge >= 0.3 is 11.9 Å². The van der Waals surface area contributed by atoms with Crippen LogP contribution in [-0.2, 0) is 14.3 Å². The summed E-state index contributed by atoms with van der Waals surface area (Å²) in [7, 11) is 2.53. The minimum atomic E-state index is -0.630. The van der Waals surface area contributed by atoms with E-state index >= 15 is 0 Å². The van der Waals surface area contributed by atoms with Gasteiger partial charge in [0.25, 0.3) is 0 Å². The molecule has 0 amide bonds. The minimum Gasteiger partial charge on any atom is -0.464 e. The highest BCUT2D eigenvalue weighted by molar-refractivity contribution is 6.29. The van der Waals surface area contributed by atoms with Crippen LogP contribution in [0.15, 0.2) is 35.8 Å². The second-order valence-corrected chi connectivity index (χ2v) is 6.73. The molecule has 0 N–H and O–H groups in total. The molecule has 0 aliphatic carbocycles. The first kappa shape index (κ1) is 27.9. The van der Waals surface area contributed by atoms with E-state index in [2.05, 4.69) is 46.2 Å². The number of hydrogen-bond acceptors (Lipinski definition) is 9. The largest absolute Gasteiger partial charge is 0.464 e. The Morgan fingerprint density at radius 1 is 1.12 bits per heavy atom. The van der Waals surface area contributed by atoms with Crippen LogP contribution in [0.3, 0.4) is 0 Å². The lowest BCUT2D eigenvalue weighted by molar-refractivity contribution is -0.133. The summed E-state index contributed by atoms with van der Waals surface area (Å²) in [5.74, 6) is 0.591. The van der Waals surface area contributed by atoms with Gasteiger partial charge in [0, 0.05) is 35.0 Å². The van der Waals surface area contributed by atoms with Crippen LogP contribution in [0, 0.1) is 26.2 Å². The zero-order valence-electron chi connectivity index (χ0n) is 18.4. The Kier molecular flexibility index (Phi) is 11.5. The van der Waals surface area contributed by atoms with Gasteiger partial charge in [-0.25, -0.2) is 24.2 Å². The van der Waals surface area contributed by atoms with E-state index in [1.807, 2.05) is 6.92 Å². The average molecular weight is 505 g/mol. The number of terminal acetylenes is 1. The van der Waals surface area contributed by atoms with E-state index in [9.17, 15) is 9.59 Å². The molecule has 0 saturated carbocycles. The molecule has 0 aromatic carbocycles. The standard InChI is InChI=1S/C10H9ClN4O2.C6H5ClN4.C4H4O2/c1-6-4-12-9(11)3-8(6)15-5-7(13-14-15)10(16)17-2;1-4-3-9-6(7)2-5(4)10-11-8;1-3-4(5)6-2/h3-5H,1-2H3;2-3H,1H3;1H,2H3. The summed E-state index contributed by atoms with van der Waals surface area (Å²) < 4.78 is 10.0. The molecule has 0 atom stereocenters. The molecule has 3 aromatic heterocycles. The predicted molar refractivity (Wildman–Crippen MR) is 124 cm³/mol. The number of ether oxygens (including phenoxy) is 2. The normalized spacial score (nSPS) is 9.09. The van der Waals surface area contributed by atoms with Crippen molar-refractivity contribution in [1.29, 1.82) is 0 Å². The van der Waals surface area contributed by atoms with Gasteiger partial charge in [-0.15, -0.1) is 11.5 Å². The third-order valence-electron chi connectivity index (χ3n) is 3.67. The van der Waals surface area contributed by atoms with Crippen LogP contribution in [-0.4, -0.2) is 51.1 Å². The maximum Gasteiger partial charge on any atom is 0.383 e. The van der Waals surface area contributed by atoms with Gasteiger partial charge in [-0.05, 0) is 36.6 Å². The molecule has 0 unspecified atom stereocenters. The zero-order valence-corrected chi connectivity index (χ0v) is 19.9. The summed E-state index contributed by atoms with van der Waals surface area (Å²) in [6.07, 6.45) is 9.22. The molecule has 3 aromatic rings. The topological polar surface area (TPSA) is 158 Å². The van der Waals surface area contributed by atoms with Crippen LogP contribution in [0.25, 0.3) is 16.1 Å². The van der Waals surface area contributed by atoms with Crippen LogP contribution in [0.4, 0.5) is 5.69 Å². The number of nitrogens with zero attached hydrogens (tertiary/aromatic N) is 8. The molecule has 3 heterocycles. The molecule has 0 radical (unpaired) electrons.